The molecule has 1 N–H and O–H groups in total. The van der Waals surface area contributed by atoms with Crippen LogP contribution in [0, 0.1) is 11.8 Å². The quantitative estimate of drug-likeness (QED) is 0.724. The van der Waals surface area contributed by atoms with E-state index in [4.69, 9.17) is 4.74 Å². The van der Waals surface area contributed by atoms with Crippen molar-refractivity contribution in [3.05, 3.63) is 0 Å². The molecule has 0 aromatic heterocycles. The molecule has 3 saturated heterocycles. The average Bonchev–Trinajstić information content (AvgIpc) is 2.98. The molecule has 3 aliphatic heterocycles. The monoisotopic (exact) mass is 387 g/mol. The van der Waals surface area contributed by atoms with Gasteiger partial charge in [0.15, 0.2) is 5.60 Å². The Kier molecular flexibility index (Phi) is 5.33. The van der Waals surface area contributed by atoms with E-state index >= 15 is 0 Å². The Bertz CT molecular complexity index is 672. The van der Waals surface area contributed by atoms with Gasteiger partial charge in [0.1, 0.15) is 0 Å². The largest absolute Gasteiger partial charge is 0.361 e. The topological polar surface area (TPSA) is 96.0 Å². The number of hydrogen-bond acceptors (Lipinski definition) is 5. The van der Waals surface area contributed by atoms with Crippen molar-refractivity contribution in [2.24, 2.45) is 11.8 Å². The molecule has 9 heteroatoms. The molecule has 3 rings (SSSR count). The first-order valence-electron chi connectivity index (χ1n) is 9.38. The number of rotatable bonds is 3. The highest BCUT2D eigenvalue weighted by atomic mass is 32.2. The summed E-state index contributed by atoms with van der Waals surface area (Å²) in [5.74, 6) is -0.780. The fraction of sp³-hybridized carbons (Fsp3) is 0.882. The van der Waals surface area contributed by atoms with Gasteiger partial charge in [-0.3, -0.25) is 9.59 Å². The zero-order valence-electron chi connectivity index (χ0n) is 15.7. The Morgan fingerprint density at radius 2 is 1.96 bits per heavy atom. The van der Waals surface area contributed by atoms with Gasteiger partial charge in [0.25, 0.3) is 5.91 Å². The molecule has 8 nitrogen and oxygen atoms in total. The van der Waals surface area contributed by atoms with E-state index in [1.807, 2.05) is 0 Å². The third-order valence-electron chi connectivity index (χ3n) is 5.84. The van der Waals surface area contributed by atoms with Crippen LogP contribution in [0.5, 0.6) is 0 Å². The summed E-state index contributed by atoms with van der Waals surface area (Å²) in [6.45, 7) is 7.21. The van der Waals surface area contributed by atoms with Crippen LogP contribution in [0.3, 0.4) is 0 Å². The average molecular weight is 388 g/mol. The minimum absolute atomic E-state index is 0.00117. The molecule has 2 amide bonds. The summed E-state index contributed by atoms with van der Waals surface area (Å²) in [6.07, 6.45) is 1.85. The van der Waals surface area contributed by atoms with E-state index in [0.717, 1.165) is 12.8 Å². The summed E-state index contributed by atoms with van der Waals surface area (Å²) < 4.78 is 32.4. The minimum atomic E-state index is -3.58. The van der Waals surface area contributed by atoms with Crippen LogP contribution in [0.25, 0.3) is 0 Å². The Morgan fingerprint density at radius 1 is 1.31 bits per heavy atom. The third-order valence-corrected chi connectivity index (χ3v) is 8.03. The van der Waals surface area contributed by atoms with Crippen LogP contribution in [0.15, 0.2) is 0 Å². The van der Waals surface area contributed by atoms with E-state index in [2.05, 4.69) is 12.2 Å². The predicted molar refractivity (Wildman–Crippen MR) is 95.8 cm³/mol. The van der Waals surface area contributed by atoms with Crippen LogP contribution < -0.4 is 5.32 Å². The molecule has 0 radical (unpaired) electrons. The maximum atomic E-state index is 13.2. The van der Waals surface area contributed by atoms with Gasteiger partial charge in [0.2, 0.25) is 15.9 Å². The highest BCUT2D eigenvalue weighted by molar-refractivity contribution is 7.89. The van der Waals surface area contributed by atoms with E-state index in [0.29, 0.717) is 25.6 Å². The molecular formula is C17H29N3O5S. The zero-order chi connectivity index (χ0) is 19.1. The number of nitrogens with zero attached hydrogens (tertiary/aromatic N) is 2. The van der Waals surface area contributed by atoms with E-state index in [9.17, 15) is 18.0 Å². The molecule has 1 spiro atoms. The van der Waals surface area contributed by atoms with Gasteiger partial charge in [-0.15, -0.1) is 0 Å². The number of morpholine rings is 1. The second kappa shape index (κ2) is 7.09. The molecular weight excluding hydrogens is 358 g/mol. The fourth-order valence-corrected chi connectivity index (χ4v) is 5.32. The van der Waals surface area contributed by atoms with Crippen LogP contribution in [-0.2, 0) is 24.3 Å². The Morgan fingerprint density at radius 3 is 2.54 bits per heavy atom. The van der Waals surface area contributed by atoms with Crippen molar-refractivity contribution in [3.8, 4) is 0 Å². The number of ether oxygens (including phenoxy) is 1. The number of piperidine rings is 1. The van der Waals surface area contributed by atoms with Gasteiger partial charge in [-0.2, -0.15) is 4.31 Å². The minimum Gasteiger partial charge on any atom is -0.361 e. The molecule has 0 unspecified atom stereocenters. The SMILES string of the molecule is CC1CCN(C(=O)[C@H]2CN(S(=O)(=O)C(C)C)C[C@@]23OCCNC3=O)CC1. The van der Waals surface area contributed by atoms with Crippen molar-refractivity contribution in [1.82, 2.24) is 14.5 Å². The summed E-state index contributed by atoms with van der Waals surface area (Å²) in [7, 11) is -3.58. The number of likely N-dealkylation sites (tertiary alicyclic amines) is 1. The lowest BCUT2D eigenvalue weighted by atomic mass is 9.86. The highest BCUT2D eigenvalue weighted by Gasteiger charge is 2.60. The first-order valence-corrected chi connectivity index (χ1v) is 10.9. The van der Waals surface area contributed by atoms with Crippen molar-refractivity contribution >= 4 is 21.8 Å². The normalized spacial score (nSPS) is 31.6. The number of nitrogens with one attached hydrogen (secondary N) is 1. The van der Waals surface area contributed by atoms with Gasteiger partial charge in [0.05, 0.1) is 24.3 Å². The molecule has 0 saturated carbocycles. The first kappa shape index (κ1) is 19.6. The summed E-state index contributed by atoms with van der Waals surface area (Å²) in [6, 6.07) is 0. The molecule has 0 aliphatic carbocycles. The maximum Gasteiger partial charge on any atom is 0.254 e. The van der Waals surface area contributed by atoms with Crippen molar-refractivity contribution < 1.29 is 22.7 Å². The number of hydrogen-bond donors (Lipinski definition) is 1. The first-order chi connectivity index (χ1) is 12.2. The van der Waals surface area contributed by atoms with Crippen LogP contribution in [-0.4, -0.2) is 79.6 Å². The molecule has 3 fully saturated rings. The maximum absolute atomic E-state index is 13.2. The lowest BCUT2D eigenvalue weighted by molar-refractivity contribution is -0.167. The zero-order valence-corrected chi connectivity index (χ0v) is 16.5. The van der Waals surface area contributed by atoms with Gasteiger partial charge < -0.3 is 15.0 Å². The lowest BCUT2D eigenvalue weighted by Crippen LogP contribution is -2.62. The van der Waals surface area contributed by atoms with Crippen LogP contribution in [0.1, 0.15) is 33.6 Å². The number of sulfonamides is 1. The number of amides is 2. The van der Waals surface area contributed by atoms with Crippen molar-refractivity contribution in [1.29, 1.82) is 0 Å². The van der Waals surface area contributed by atoms with Gasteiger partial charge in [-0.05, 0) is 32.6 Å². The van der Waals surface area contributed by atoms with Gasteiger partial charge in [0, 0.05) is 26.2 Å². The van der Waals surface area contributed by atoms with Crippen LogP contribution >= 0.6 is 0 Å². The van der Waals surface area contributed by atoms with Crippen molar-refractivity contribution in [2.75, 3.05) is 39.3 Å². The van der Waals surface area contributed by atoms with Gasteiger partial charge in [-0.1, -0.05) is 6.92 Å². The molecule has 3 aliphatic rings. The number of carbonyl (C=O) groups is 2. The highest BCUT2D eigenvalue weighted by Crippen LogP contribution is 2.37. The lowest BCUT2D eigenvalue weighted by Gasteiger charge is -2.39. The van der Waals surface area contributed by atoms with Crippen LogP contribution in [0.2, 0.25) is 0 Å². The predicted octanol–water partition coefficient (Wildman–Crippen LogP) is -0.200. The Labute approximate surface area is 155 Å². The molecule has 148 valence electrons. The molecule has 0 bridgehead atoms. The number of carbonyl (C=O) groups excluding carboxylic acids is 2. The summed E-state index contributed by atoms with van der Waals surface area (Å²) in [5, 5.41) is 2.14. The summed E-state index contributed by atoms with van der Waals surface area (Å²) in [5.41, 5.74) is -1.42. The second-order valence-electron chi connectivity index (χ2n) is 7.94. The molecule has 0 aromatic carbocycles. The van der Waals surface area contributed by atoms with E-state index < -0.39 is 26.8 Å². The van der Waals surface area contributed by atoms with E-state index in [-0.39, 0.29) is 31.5 Å². The smallest absolute Gasteiger partial charge is 0.254 e. The molecule has 2 atom stereocenters. The Balaban J connectivity index is 1.90. The summed E-state index contributed by atoms with van der Waals surface area (Å²) in [4.78, 5) is 27.7. The van der Waals surface area contributed by atoms with E-state index in [1.165, 1.54) is 4.31 Å². The Hall–Kier alpha value is -1.19. The molecule has 3 heterocycles. The summed E-state index contributed by atoms with van der Waals surface area (Å²) >= 11 is 0. The molecule has 0 aromatic rings. The molecule has 26 heavy (non-hydrogen) atoms. The third kappa shape index (κ3) is 3.25. The van der Waals surface area contributed by atoms with E-state index in [1.54, 1.807) is 18.7 Å². The van der Waals surface area contributed by atoms with Gasteiger partial charge in [-0.25, -0.2) is 8.42 Å². The standard InChI is InChI=1S/C17H29N3O5S/c1-12(2)26(23,24)20-10-14(15(21)19-7-4-13(3)5-8-19)17(11-20)16(22)18-6-9-25-17/h12-14H,4-11H2,1-3H3,(H,18,22)/t14-,17-/m1/s1. The second-order valence-corrected chi connectivity index (χ2v) is 10.4. The van der Waals surface area contributed by atoms with Crippen molar-refractivity contribution in [3.63, 3.8) is 0 Å². The van der Waals surface area contributed by atoms with Gasteiger partial charge >= 0.3 is 0 Å². The van der Waals surface area contributed by atoms with Crippen LogP contribution in [0.4, 0.5) is 0 Å². The van der Waals surface area contributed by atoms with Crippen molar-refractivity contribution in [2.45, 2.75) is 44.5 Å². The fourth-order valence-electron chi connectivity index (χ4n) is 4.00.